The predicted molar refractivity (Wildman–Crippen MR) is 147 cm³/mol. The van der Waals surface area contributed by atoms with Crippen LogP contribution in [0.3, 0.4) is 0 Å². The summed E-state index contributed by atoms with van der Waals surface area (Å²) in [5.74, 6) is 0.249. The van der Waals surface area contributed by atoms with Gasteiger partial charge in [0.25, 0.3) is 0 Å². The summed E-state index contributed by atoms with van der Waals surface area (Å²) in [6, 6.07) is 3.01. The minimum absolute atomic E-state index is 0.0945. The number of carbonyl (C=O) groups excluding carboxylic acids is 2. The summed E-state index contributed by atoms with van der Waals surface area (Å²) in [6.07, 6.45) is 7.52. The number of anilines is 1. The number of aromatic nitrogens is 2. The molecule has 3 heterocycles. The molecule has 0 saturated carbocycles. The molecule has 37 heavy (non-hydrogen) atoms. The van der Waals surface area contributed by atoms with Crippen LogP contribution in [-0.4, -0.2) is 71.2 Å². The predicted octanol–water partition coefficient (Wildman–Crippen LogP) is 4.77. The molecule has 2 aromatic rings. The van der Waals surface area contributed by atoms with Crippen molar-refractivity contribution in [2.24, 2.45) is 7.05 Å². The van der Waals surface area contributed by atoms with Gasteiger partial charge in [-0.1, -0.05) is 11.6 Å². The van der Waals surface area contributed by atoms with Gasteiger partial charge in [0.1, 0.15) is 0 Å². The summed E-state index contributed by atoms with van der Waals surface area (Å²) in [4.78, 5) is 31.3. The number of hydrogen-bond acceptors (Lipinski definition) is 6. The lowest BCUT2D eigenvalue weighted by Gasteiger charge is -2.44. The fraction of sp³-hybridized carbons (Fsp3) is 0.567. The zero-order valence-electron chi connectivity index (χ0n) is 23.0. The Hall–Kier alpha value is -2.77. The van der Waals surface area contributed by atoms with Gasteiger partial charge >= 0.3 is 0 Å². The third-order valence-electron chi connectivity index (χ3n) is 8.60. The van der Waals surface area contributed by atoms with Crippen molar-refractivity contribution in [3.05, 3.63) is 46.2 Å². The van der Waals surface area contributed by atoms with Crippen LogP contribution in [0.15, 0.2) is 35.1 Å². The average molecular weight is 505 g/mol. The SMILES string of the molecule is CCN(c1c(C)c(C(=O)CCC2=C(C)C=C(C)CC2=O)cc2c1cnn2C)C1CCN(C2COC2)CC1. The molecule has 0 atom stereocenters. The lowest BCUT2D eigenvalue weighted by Crippen LogP contribution is -2.54. The number of aryl methyl sites for hydroxylation is 1. The monoisotopic (exact) mass is 504 g/mol. The van der Waals surface area contributed by atoms with Gasteiger partial charge in [0, 0.05) is 56.5 Å². The Kier molecular flexibility index (Phi) is 7.37. The second kappa shape index (κ2) is 10.5. The molecule has 0 radical (unpaired) electrons. The molecule has 1 aliphatic carbocycles. The second-order valence-electron chi connectivity index (χ2n) is 11.0. The smallest absolute Gasteiger partial charge is 0.163 e. The van der Waals surface area contributed by atoms with Crippen molar-refractivity contribution in [3.63, 3.8) is 0 Å². The van der Waals surface area contributed by atoms with E-state index in [0.717, 1.165) is 90.1 Å². The third-order valence-corrected chi connectivity index (χ3v) is 8.60. The third kappa shape index (κ3) is 4.91. The van der Waals surface area contributed by atoms with Crippen LogP contribution in [0.4, 0.5) is 5.69 Å². The maximum absolute atomic E-state index is 13.6. The number of fused-ring (bicyclic) bond motifs is 1. The number of hydrogen-bond donors (Lipinski definition) is 0. The molecular formula is C30H40N4O3. The van der Waals surface area contributed by atoms with Crippen LogP contribution < -0.4 is 4.90 Å². The molecule has 2 fully saturated rings. The normalized spacial score (nSPS) is 19.9. The fourth-order valence-corrected chi connectivity index (χ4v) is 6.43. The Bertz CT molecular complexity index is 1280. The molecule has 198 valence electrons. The van der Waals surface area contributed by atoms with Crippen LogP contribution in [0.1, 0.15) is 68.8 Å². The van der Waals surface area contributed by atoms with Gasteiger partial charge in [-0.05, 0) is 69.7 Å². The number of ketones is 2. The van der Waals surface area contributed by atoms with Gasteiger partial charge in [0.15, 0.2) is 11.6 Å². The van der Waals surface area contributed by atoms with E-state index in [1.54, 1.807) is 0 Å². The molecule has 0 amide bonds. The molecule has 3 aliphatic rings. The maximum atomic E-state index is 13.6. The minimum atomic E-state index is 0.0945. The Balaban J connectivity index is 1.43. The number of allylic oxidation sites excluding steroid dienone is 4. The van der Waals surface area contributed by atoms with E-state index in [9.17, 15) is 9.59 Å². The van der Waals surface area contributed by atoms with Gasteiger partial charge in [0.2, 0.25) is 0 Å². The lowest BCUT2D eigenvalue weighted by molar-refractivity contribution is -0.115. The molecule has 5 rings (SSSR count). The average Bonchev–Trinajstić information content (AvgIpc) is 3.19. The second-order valence-corrected chi connectivity index (χ2v) is 11.0. The summed E-state index contributed by atoms with van der Waals surface area (Å²) >= 11 is 0. The minimum Gasteiger partial charge on any atom is -0.378 e. The van der Waals surface area contributed by atoms with Gasteiger partial charge in [0.05, 0.1) is 36.7 Å². The van der Waals surface area contributed by atoms with Crippen molar-refractivity contribution >= 4 is 28.2 Å². The Morgan fingerprint density at radius 1 is 1.19 bits per heavy atom. The van der Waals surface area contributed by atoms with Crippen LogP contribution >= 0.6 is 0 Å². The Morgan fingerprint density at radius 2 is 1.92 bits per heavy atom. The highest BCUT2D eigenvalue weighted by molar-refractivity contribution is 6.07. The van der Waals surface area contributed by atoms with Gasteiger partial charge in [-0.25, -0.2) is 0 Å². The Morgan fingerprint density at radius 3 is 2.54 bits per heavy atom. The molecule has 0 unspecified atom stereocenters. The largest absolute Gasteiger partial charge is 0.378 e. The number of nitrogens with zero attached hydrogens (tertiary/aromatic N) is 4. The first kappa shape index (κ1) is 25.9. The van der Waals surface area contributed by atoms with Crippen LogP contribution in [0, 0.1) is 6.92 Å². The van der Waals surface area contributed by atoms with Gasteiger partial charge in [-0.15, -0.1) is 0 Å². The first-order valence-corrected chi connectivity index (χ1v) is 13.8. The molecular weight excluding hydrogens is 464 g/mol. The van der Waals surface area contributed by atoms with Crippen molar-refractivity contribution in [1.29, 1.82) is 0 Å². The Labute approximate surface area is 220 Å². The fourth-order valence-electron chi connectivity index (χ4n) is 6.43. The zero-order chi connectivity index (χ0) is 26.3. The van der Waals surface area contributed by atoms with Crippen molar-refractivity contribution in [3.8, 4) is 0 Å². The van der Waals surface area contributed by atoms with E-state index >= 15 is 0 Å². The van der Waals surface area contributed by atoms with Crippen LogP contribution in [0.2, 0.25) is 0 Å². The van der Waals surface area contributed by atoms with E-state index < -0.39 is 0 Å². The van der Waals surface area contributed by atoms with Crippen LogP contribution in [0.5, 0.6) is 0 Å². The topological polar surface area (TPSA) is 67.7 Å². The van der Waals surface area contributed by atoms with E-state index in [4.69, 9.17) is 4.74 Å². The first-order chi connectivity index (χ1) is 17.8. The lowest BCUT2D eigenvalue weighted by atomic mass is 9.88. The summed E-state index contributed by atoms with van der Waals surface area (Å²) in [5.41, 5.74) is 6.79. The molecule has 2 aliphatic heterocycles. The van der Waals surface area contributed by atoms with Gasteiger partial charge in [-0.2, -0.15) is 5.10 Å². The zero-order valence-corrected chi connectivity index (χ0v) is 23.0. The van der Waals surface area contributed by atoms with E-state index in [1.165, 1.54) is 0 Å². The van der Waals surface area contributed by atoms with Crippen LogP contribution in [-0.2, 0) is 16.6 Å². The molecule has 1 aromatic heterocycles. The van der Waals surface area contributed by atoms with Crippen molar-refractivity contribution < 1.29 is 14.3 Å². The number of ether oxygens (including phenoxy) is 1. The molecule has 0 N–H and O–H groups in total. The van der Waals surface area contributed by atoms with Crippen molar-refractivity contribution in [1.82, 2.24) is 14.7 Å². The highest BCUT2D eigenvalue weighted by Gasteiger charge is 2.33. The highest BCUT2D eigenvalue weighted by Crippen LogP contribution is 2.37. The number of likely N-dealkylation sites (tertiary alicyclic amines) is 1. The molecule has 7 heteroatoms. The summed E-state index contributed by atoms with van der Waals surface area (Å²) < 4.78 is 7.28. The number of Topliss-reactive ketones (excluding diaryl/α,β-unsaturated/α-hetero) is 2. The molecule has 7 nitrogen and oxygen atoms in total. The number of rotatable bonds is 8. The van der Waals surface area contributed by atoms with Crippen LogP contribution in [0.25, 0.3) is 10.9 Å². The number of carbonyl (C=O) groups is 2. The van der Waals surface area contributed by atoms with E-state index in [-0.39, 0.29) is 11.6 Å². The van der Waals surface area contributed by atoms with Crippen molar-refractivity contribution in [2.45, 2.75) is 71.9 Å². The quantitative estimate of drug-likeness (QED) is 0.483. The van der Waals surface area contributed by atoms with E-state index in [2.05, 4.69) is 34.8 Å². The first-order valence-electron chi connectivity index (χ1n) is 13.8. The van der Waals surface area contributed by atoms with Gasteiger partial charge in [-0.3, -0.25) is 19.2 Å². The highest BCUT2D eigenvalue weighted by atomic mass is 16.5. The van der Waals surface area contributed by atoms with Crippen molar-refractivity contribution in [2.75, 3.05) is 37.7 Å². The summed E-state index contributed by atoms with van der Waals surface area (Å²) in [7, 11) is 1.94. The molecule has 1 aromatic carbocycles. The number of benzene rings is 1. The van der Waals surface area contributed by atoms with E-state index in [1.807, 2.05) is 37.8 Å². The maximum Gasteiger partial charge on any atom is 0.163 e. The standard InChI is InChI=1S/C30H40N4O3/c1-6-34(22-9-11-33(12-10-22)23-17-37-18-23)30-21(4)25(15-27-26(30)16-31-32(27)5)28(35)8-7-24-20(3)13-19(2)14-29(24)36/h13,15-16,22-23H,6-12,14,17-18H2,1-5H3. The molecule has 0 spiro atoms. The summed E-state index contributed by atoms with van der Waals surface area (Å²) in [5, 5.41) is 5.66. The summed E-state index contributed by atoms with van der Waals surface area (Å²) in [6.45, 7) is 13.0. The van der Waals surface area contributed by atoms with E-state index in [0.29, 0.717) is 31.3 Å². The number of piperidine rings is 1. The molecule has 2 saturated heterocycles. The molecule has 0 bridgehead atoms. The van der Waals surface area contributed by atoms with Gasteiger partial charge < -0.3 is 9.64 Å².